The second-order valence-electron chi connectivity index (χ2n) is 6.29. The van der Waals surface area contributed by atoms with E-state index in [4.69, 9.17) is 0 Å². The molecule has 0 radical (unpaired) electrons. The Morgan fingerprint density at radius 3 is 2.36 bits per heavy atom. The molecule has 3 N–H and O–H groups in total. The maximum absolute atomic E-state index is 12.2. The number of hydrogen-bond acceptors (Lipinski definition) is 4. The van der Waals surface area contributed by atoms with Crippen LogP contribution in [0.25, 0.3) is 0 Å². The van der Waals surface area contributed by atoms with Crippen LogP contribution in [0.5, 0.6) is 0 Å². The monoisotopic (exact) mass is 393 g/mol. The summed E-state index contributed by atoms with van der Waals surface area (Å²) < 4.78 is 0. The molecule has 0 saturated carbocycles. The lowest BCUT2D eigenvalue weighted by Crippen LogP contribution is -2.41. The Labute approximate surface area is 168 Å². The van der Waals surface area contributed by atoms with Crippen molar-refractivity contribution < 1.29 is 9.59 Å². The number of carbonyl (C=O) groups excluding carboxylic acids is 2. The standard InChI is InChI=1S/C22H23N3O2S/c1-2-16-10-12-17(13-11-16)21(19-9-6-14-28-19)23-15-20(26)25-22(27)24-18-7-4-3-5-8-18/h3-14,21,23H,2,15H2,1H3,(H2,24,25,26,27)/t21-/m1/s1. The van der Waals surface area contributed by atoms with E-state index in [2.05, 4.69) is 47.1 Å². The average molecular weight is 394 g/mol. The molecule has 144 valence electrons. The van der Waals surface area contributed by atoms with Crippen LogP contribution in [0.3, 0.4) is 0 Å². The van der Waals surface area contributed by atoms with Crippen LogP contribution >= 0.6 is 11.3 Å². The second kappa shape index (κ2) is 9.82. The number of benzene rings is 2. The number of hydrogen-bond donors (Lipinski definition) is 3. The zero-order chi connectivity index (χ0) is 19.8. The number of rotatable bonds is 7. The largest absolute Gasteiger partial charge is 0.325 e. The highest BCUT2D eigenvalue weighted by Crippen LogP contribution is 2.26. The van der Waals surface area contributed by atoms with E-state index in [1.807, 2.05) is 35.7 Å². The summed E-state index contributed by atoms with van der Waals surface area (Å²) in [5, 5.41) is 10.3. The Morgan fingerprint density at radius 1 is 0.964 bits per heavy atom. The lowest BCUT2D eigenvalue weighted by molar-refractivity contribution is -0.119. The van der Waals surface area contributed by atoms with Crippen LogP contribution in [0.15, 0.2) is 72.1 Å². The number of urea groups is 1. The predicted octanol–water partition coefficient (Wildman–Crippen LogP) is 4.34. The van der Waals surface area contributed by atoms with Crippen molar-refractivity contribution in [1.29, 1.82) is 0 Å². The van der Waals surface area contributed by atoms with Gasteiger partial charge < -0.3 is 5.32 Å². The fraction of sp³-hybridized carbons (Fsp3) is 0.182. The van der Waals surface area contributed by atoms with Crippen molar-refractivity contribution >= 4 is 29.0 Å². The fourth-order valence-electron chi connectivity index (χ4n) is 2.83. The first-order valence-corrected chi connectivity index (χ1v) is 10.0. The summed E-state index contributed by atoms with van der Waals surface area (Å²) in [6.45, 7) is 2.15. The number of thiophene rings is 1. The molecule has 0 aliphatic rings. The van der Waals surface area contributed by atoms with Crippen molar-refractivity contribution in [3.8, 4) is 0 Å². The van der Waals surface area contributed by atoms with Gasteiger partial charge in [-0.2, -0.15) is 0 Å². The van der Waals surface area contributed by atoms with Crippen LogP contribution in [0, 0.1) is 0 Å². The molecule has 0 unspecified atom stereocenters. The molecule has 0 spiro atoms. The minimum Gasteiger partial charge on any atom is -0.308 e. The van der Waals surface area contributed by atoms with Crippen LogP contribution in [0.4, 0.5) is 10.5 Å². The molecule has 0 aliphatic heterocycles. The van der Waals surface area contributed by atoms with Gasteiger partial charge >= 0.3 is 6.03 Å². The molecule has 3 rings (SSSR count). The third-order valence-electron chi connectivity index (χ3n) is 4.30. The molecule has 0 saturated heterocycles. The van der Waals surface area contributed by atoms with Crippen molar-refractivity contribution in [2.45, 2.75) is 19.4 Å². The van der Waals surface area contributed by atoms with Gasteiger partial charge in [-0.3, -0.25) is 15.4 Å². The molecular weight excluding hydrogens is 370 g/mol. The maximum atomic E-state index is 12.2. The first kappa shape index (κ1) is 19.8. The molecule has 1 atom stereocenters. The molecule has 2 aromatic carbocycles. The van der Waals surface area contributed by atoms with Gasteiger partial charge in [-0.25, -0.2) is 4.79 Å². The van der Waals surface area contributed by atoms with Crippen LogP contribution in [0.2, 0.25) is 0 Å². The summed E-state index contributed by atoms with van der Waals surface area (Å²) in [4.78, 5) is 25.3. The highest BCUT2D eigenvalue weighted by atomic mass is 32.1. The van der Waals surface area contributed by atoms with Gasteiger partial charge in [0.25, 0.3) is 0 Å². The summed E-state index contributed by atoms with van der Waals surface area (Å²) in [6, 6.07) is 20.7. The SMILES string of the molecule is CCc1ccc([C@@H](NCC(=O)NC(=O)Nc2ccccc2)c2cccs2)cc1. The average Bonchev–Trinajstić information content (AvgIpc) is 3.24. The maximum Gasteiger partial charge on any atom is 0.325 e. The number of imide groups is 1. The smallest absolute Gasteiger partial charge is 0.308 e. The van der Waals surface area contributed by atoms with Crippen molar-refractivity contribution in [2.75, 3.05) is 11.9 Å². The number of amides is 3. The number of carbonyl (C=O) groups is 2. The van der Waals surface area contributed by atoms with E-state index >= 15 is 0 Å². The van der Waals surface area contributed by atoms with Crippen LogP contribution in [-0.2, 0) is 11.2 Å². The first-order chi connectivity index (χ1) is 13.7. The van der Waals surface area contributed by atoms with Gasteiger partial charge in [0.1, 0.15) is 0 Å². The van der Waals surface area contributed by atoms with Gasteiger partial charge in [0, 0.05) is 10.6 Å². The zero-order valence-electron chi connectivity index (χ0n) is 15.6. The molecule has 6 heteroatoms. The van der Waals surface area contributed by atoms with E-state index in [0.29, 0.717) is 5.69 Å². The molecule has 0 aliphatic carbocycles. The molecular formula is C22H23N3O2S. The third kappa shape index (κ3) is 5.52. The summed E-state index contributed by atoms with van der Waals surface area (Å²) in [5.74, 6) is -0.389. The third-order valence-corrected chi connectivity index (χ3v) is 5.24. The highest BCUT2D eigenvalue weighted by Gasteiger charge is 2.17. The van der Waals surface area contributed by atoms with Gasteiger partial charge in [-0.05, 0) is 41.1 Å². The summed E-state index contributed by atoms with van der Waals surface area (Å²) >= 11 is 1.63. The van der Waals surface area contributed by atoms with E-state index in [9.17, 15) is 9.59 Å². The molecule has 5 nitrogen and oxygen atoms in total. The topological polar surface area (TPSA) is 70.2 Å². The Kier molecular flexibility index (Phi) is 6.94. The van der Waals surface area contributed by atoms with Gasteiger partial charge in [0.15, 0.2) is 0 Å². The van der Waals surface area contributed by atoms with Gasteiger partial charge in [0.2, 0.25) is 5.91 Å². The lowest BCUT2D eigenvalue weighted by Gasteiger charge is -2.18. The molecule has 1 heterocycles. The minimum absolute atomic E-state index is 0.0281. The molecule has 3 aromatic rings. The van der Waals surface area contributed by atoms with Gasteiger partial charge in [-0.15, -0.1) is 11.3 Å². The van der Waals surface area contributed by atoms with Crippen LogP contribution < -0.4 is 16.0 Å². The van der Waals surface area contributed by atoms with Crippen LogP contribution in [-0.4, -0.2) is 18.5 Å². The van der Waals surface area contributed by atoms with E-state index in [1.54, 1.807) is 23.5 Å². The lowest BCUT2D eigenvalue weighted by atomic mass is 10.0. The van der Waals surface area contributed by atoms with Gasteiger partial charge in [0.05, 0.1) is 12.6 Å². The highest BCUT2D eigenvalue weighted by molar-refractivity contribution is 7.10. The first-order valence-electron chi connectivity index (χ1n) is 9.17. The van der Waals surface area contributed by atoms with Crippen molar-refractivity contribution in [3.63, 3.8) is 0 Å². The number of aryl methyl sites for hydroxylation is 1. The quantitative estimate of drug-likeness (QED) is 0.559. The van der Waals surface area contributed by atoms with Crippen molar-refractivity contribution in [1.82, 2.24) is 10.6 Å². The zero-order valence-corrected chi connectivity index (χ0v) is 16.5. The normalized spacial score (nSPS) is 11.6. The Morgan fingerprint density at radius 2 is 1.71 bits per heavy atom. The van der Waals surface area contributed by atoms with E-state index < -0.39 is 6.03 Å². The molecule has 1 aromatic heterocycles. The van der Waals surface area contributed by atoms with E-state index in [0.717, 1.165) is 16.9 Å². The van der Waals surface area contributed by atoms with Gasteiger partial charge in [-0.1, -0.05) is 55.5 Å². The minimum atomic E-state index is -0.544. The molecule has 3 amide bonds. The molecule has 0 bridgehead atoms. The van der Waals surface area contributed by atoms with E-state index in [1.165, 1.54) is 5.56 Å². The Bertz CT molecular complexity index is 893. The summed E-state index contributed by atoms with van der Waals surface area (Å²) in [7, 11) is 0. The van der Waals surface area contributed by atoms with Crippen molar-refractivity contribution in [2.24, 2.45) is 0 Å². The molecule has 28 heavy (non-hydrogen) atoms. The second-order valence-corrected chi connectivity index (χ2v) is 7.27. The molecule has 0 fully saturated rings. The summed E-state index contributed by atoms with van der Waals surface area (Å²) in [5.41, 5.74) is 2.98. The van der Waals surface area contributed by atoms with E-state index in [-0.39, 0.29) is 18.5 Å². The fourth-order valence-corrected chi connectivity index (χ4v) is 3.66. The van der Waals surface area contributed by atoms with Crippen LogP contribution in [0.1, 0.15) is 29.0 Å². The number of anilines is 1. The number of nitrogens with one attached hydrogen (secondary N) is 3. The Hall–Kier alpha value is -2.96. The number of para-hydroxylation sites is 1. The summed E-state index contributed by atoms with van der Waals surface area (Å²) in [6.07, 6.45) is 0.982. The van der Waals surface area contributed by atoms with Crippen molar-refractivity contribution in [3.05, 3.63) is 88.1 Å². The predicted molar refractivity (Wildman–Crippen MR) is 114 cm³/mol. The Balaban J connectivity index is 1.60.